The van der Waals surface area contributed by atoms with Crippen LogP contribution in [0.2, 0.25) is 0 Å². The molecule has 1 aliphatic rings. The summed E-state index contributed by atoms with van der Waals surface area (Å²) in [5.41, 5.74) is 1.17. The second-order valence-electron chi connectivity index (χ2n) is 5.83. The summed E-state index contributed by atoms with van der Waals surface area (Å²) in [6.45, 7) is 13.9. The van der Waals surface area contributed by atoms with E-state index in [2.05, 4.69) is 18.8 Å². The Kier molecular flexibility index (Phi) is 11.2. The second kappa shape index (κ2) is 12.1. The summed E-state index contributed by atoms with van der Waals surface area (Å²) in [4.78, 5) is 24.7. The van der Waals surface area contributed by atoms with Gasteiger partial charge in [0.1, 0.15) is 0 Å². The normalized spacial score (nSPS) is 14.6. The van der Waals surface area contributed by atoms with Crippen molar-refractivity contribution in [2.45, 2.75) is 53.4 Å². The molecule has 0 aromatic rings. The van der Waals surface area contributed by atoms with E-state index in [9.17, 15) is 9.59 Å². The highest BCUT2D eigenvalue weighted by molar-refractivity contribution is 5.75. The Balaban J connectivity index is 0.000000980. The monoisotopic (exact) mass is 312 g/mol. The maximum Gasteiger partial charge on any atom is 0.317 e. The van der Waals surface area contributed by atoms with Crippen LogP contribution in [-0.4, -0.2) is 43.1 Å². The minimum Gasteiger partial charge on any atom is -0.466 e. The number of hydrogen-bond donors (Lipinski definition) is 1. The highest BCUT2D eigenvalue weighted by atomic mass is 16.5. The molecule has 0 aromatic carbocycles. The van der Waals surface area contributed by atoms with Crippen molar-refractivity contribution in [3.8, 4) is 0 Å². The predicted molar refractivity (Wildman–Crippen MR) is 89.7 cm³/mol. The van der Waals surface area contributed by atoms with Gasteiger partial charge in [0, 0.05) is 19.6 Å². The molecule has 1 rings (SSSR count). The van der Waals surface area contributed by atoms with Crippen LogP contribution in [0.5, 0.6) is 0 Å². The number of rotatable bonds is 5. The Labute approximate surface area is 135 Å². The molecular weight excluding hydrogens is 280 g/mol. The molecule has 1 N–H and O–H groups in total. The molecule has 0 bridgehead atoms. The maximum atomic E-state index is 11.8. The average molecular weight is 312 g/mol. The standard InChI is InChI=1S/C13H24N2O3.C4H8/c1-3-11-6-9-15(10-7-11)13(17)14-8-5-12(16)18-4-2;1-4(2)3/h11H,3-10H2,1-2H3,(H,14,17);1H2,2-3H3. The van der Waals surface area contributed by atoms with E-state index in [1.165, 1.54) is 12.0 Å². The third-order valence-electron chi connectivity index (χ3n) is 3.39. The molecule has 2 amide bonds. The zero-order valence-corrected chi connectivity index (χ0v) is 14.6. The number of allylic oxidation sites excluding steroid dienone is 1. The average Bonchev–Trinajstić information content (AvgIpc) is 2.47. The largest absolute Gasteiger partial charge is 0.466 e. The topological polar surface area (TPSA) is 58.6 Å². The summed E-state index contributed by atoms with van der Waals surface area (Å²) >= 11 is 0. The van der Waals surface area contributed by atoms with E-state index in [0.717, 1.165) is 31.8 Å². The highest BCUT2D eigenvalue weighted by Gasteiger charge is 2.21. The molecule has 5 heteroatoms. The summed E-state index contributed by atoms with van der Waals surface area (Å²) in [5, 5.41) is 2.76. The Morgan fingerprint density at radius 3 is 2.23 bits per heavy atom. The summed E-state index contributed by atoms with van der Waals surface area (Å²) in [7, 11) is 0. The van der Waals surface area contributed by atoms with Crippen LogP contribution in [0.15, 0.2) is 12.2 Å². The van der Waals surface area contributed by atoms with E-state index in [1.54, 1.807) is 6.92 Å². The lowest BCUT2D eigenvalue weighted by molar-refractivity contribution is -0.142. The van der Waals surface area contributed by atoms with E-state index >= 15 is 0 Å². The van der Waals surface area contributed by atoms with Crippen LogP contribution >= 0.6 is 0 Å². The van der Waals surface area contributed by atoms with Gasteiger partial charge in [0.15, 0.2) is 0 Å². The number of amides is 2. The Bertz CT molecular complexity index is 344. The Hall–Kier alpha value is -1.52. The number of nitrogens with zero attached hydrogens (tertiary/aromatic N) is 1. The van der Waals surface area contributed by atoms with Crippen molar-refractivity contribution >= 4 is 12.0 Å². The van der Waals surface area contributed by atoms with Gasteiger partial charge in [0.25, 0.3) is 0 Å². The van der Waals surface area contributed by atoms with Crippen LogP contribution in [0.4, 0.5) is 4.79 Å². The minimum absolute atomic E-state index is 0.0612. The molecule has 0 spiro atoms. The summed E-state index contributed by atoms with van der Waals surface area (Å²) < 4.78 is 4.79. The summed E-state index contributed by atoms with van der Waals surface area (Å²) in [6.07, 6.45) is 3.60. The van der Waals surface area contributed by atoms with Gasteiger partial charge < -0.3 is 15.0 Å². The maximum absolute atomic E-state index is 11.8. The van der Waals surface area contributed by atoms with E-state index < -0.39 is 0 Å². The number of carbonyl (C=O) groups excluding carboxylic acids is 2. The number of hydrogen-bond acceptors (Lipinski definition) is 3. The fourth-order valence-electron chi connectivity index (χ4n) is 2.16. The minimum atomic E-state index is -0.262. The van der Waals surface area contributed by atoms with Crippen molar-refractivity contribution in [3.63, 3.8) is 0 Å². The van der Waals surface area contributed by atoms with E-state index in [1.807, 2.05) is 18.7 Å². The van der Waals surface area contributed by atoms with Gasteiger partial charge in [-0.1, -0.05) is 18.9 Å². The van der Waals surface area contributed by atoms with Crippen LogP contribution < -0.4 is 5.32 Å². The van der Waals surface area contributed by atoms with Crippen LogP contribution in [-0.2, 0) is 9.53 Å². The molecule has 0 atom stereocenters. The SMILES string of the molecule is C=C(C)C.CCOC(=O)CCNC(=O)N1CCC(CC)CC1. The molecule has 1 fully saturated rings. The first kappa shape index (κ1) is 20.5. The van der Waals surface area contributed by atoms with Crippen molar-refractivity contribution in [2.24, 2.45) is 5.92 Å². The molecule has 0 unspecified atom stereocenters. The fraction of sp³-hybridized carbons (Fsp3) is 0.765. The third-order valence-corrected chi connectivity index (χ3v) is 3.39. The van der Waals surface area contributed by atoms with Gasteiger partial charge in [-0.2, -0.15) is 0 Å². The number of carbonyl (C=O) groups is 2. The molecule has 1 heterocycles. The lowest BCUT2D eigenvalue weighted by atomic mass is 9.95. The van der Waals surface area contributed by atoms with E-state index in [4.69, 9.17) is 4.74 Å². The van der Waals surface area contributed by atoms with Crippen molar-refractivity contribution in [1.29, 1.82) is 0 Å². The van der Waals surface area contributed by atoms with Gasteiger partial charge in [-0.3, -0.25) is 4.79 Å². The van der Waals surface area contributed by atoms with Crippen molar-refractivity contribution in [3.05, 3.63) is 12.2 Å². The van der Waals surface area contributed by atoms with Crippen LogP contribution in [0, 0.1) is 5.92 Å². The molecule has 0 aromatic heterocycles. The molecule has 128 valence electrons. The molecule has 1 saturated heterocycles. The lowest BCUT2D eigenvalue weighted by Gasteiger charge is -2.31. The van der Waals surface area contributed by atoms with Crippen LogP contribution in [0.1, 0.15) is 53.4 Å². The second-order valence-corrected chi connectivity index (χ2v) is 5.83. The molecule has 0 saturated carbocycles. The predicted octanol–water partition coefficient (Wildman–Crippen LogP) is 3.35. The summed E-state index contributed by atoms with van der Waals surface area (Å²) in [5.74, 6) is 0.496. The number of piperidine rings is 1. The van der Waals surface area contributed by atoms with Gasteiger partial charge in [-0.05, 0) is 39.5 Å². The van der Waals surface area contributed by atoms with E-state index in [-0.39, 0.29) is 18.4 Å². The van der Waals surface area contributed by atoms with E-state index in [0.29, 0.717) is 13.2 Å². The van der Waals surface area contributed by atoms with Gasteiger partial charge in [0.05, 0.1) is 13.0 Å². The van der Waals surface area contributed by atoms with Gasteiger partial charge >= 0.3 is 12.0 Å². The zero-order valence-electron chi connectivity index (χ0n) is 14.6. The van der Waals surface area contributed by atoms with Crippen molar-refractivity contribution in [1.82, 2.24) is 10.2 Å². The zero-order chi connectivity index (χ0) is 17.0. The molecule has 1 aliphatic heterocycles. The van der Waals surface area contributed by atoms with Crippen LogP contribution in [0.25, 0.3) is 0 Å². The fourth-order valence-corrected chi connectivity index (χ4v) is 2.16. The molecule has 0 aliphatic carbocycles. The van der Waals surface area contributed by atoms with Gasteiger partial charge in [-0.15, -0.1) is 6.58 Å². The molecular formula is C17H32N2O3. The number of ether oxygens (including phenoxy) is 1. The van der Waals surface area contributed by atoms with Gasteiger partial charge in [-0.25, -0.2) is 4.79 Å². The van der Waals surface area contributed by atoms with Crippen molar-refractivity contribution < 1.29 is 14.3 Å². The molecule has 0 radical (unpaired) electrons. The highest BCUT2D eigenvalue weighted by Crippen LogP contribution is 2.19. The molecule has 22 heavy (non-hydrogen) atoms. The number of esters is 1. The first-order valence-electron chi connectivity index (χ1n) is 8.21. The van der Waals surface area contributed by atoms with Crippen LogP contribution in [0.3, 0.4) is 0 Å². The first-order valence-corrected chi connectivity index (χ1v) is 8.21. The smallest absolute Gasteiger partial charge is 0.317 e. The number of urea groups is 1. The lowest BCUT2D eigenvalue weighted by Crippen LogP contribution is -2.44. The Morgan fingerprint density at radius 1 is 1.23 bits per heavy atom. The number of likely N-dealkylation sites (tertiary alicyclic amines) is 1. The third kappa shape index (κ3) is 10.2. The Morgan fingerprint density at radius 2 is 1.77 bits per heavy atom. The quantitative estimate of drug-likeness (QED) is 0.625. The van der Waals surface area contributed by atoms with Crippen molar-refractivity contribution in [2.75, 3.05) is 26.2 Å². The molecule has 5 nitrogen and oxygen atoms in total. The first-order chi connectivity index (χ1) is 10.4. The van der Waals surface area contributed by atoms with Gasteiger partial charge in [0.2, 0.25) is 0 Å². The summed E-state index contributed by atoms with van der Waals surface area (Å²) in [6, 6.07) is -0.0612. The number of nitrogens with one attached hydrogen (secondary N) is 1.